The minimum atomic E-state index is -3.89. The molecule has 0 saturated carbocycles. The Labute approximate surface area is 206 Å². The molecule has 7 nitrogen and oxygen atoms in total. The Morgan fingerprint density at radius 3 is 2.73 bits per heavy atom. The summed E-state index contributed by atoms with van der Waals surface area (Å²) < 4.78 is 34.8. The van der Waals surface area contributed by atoms with Crippen molar-refractivity contribution in [3.63, 3.8) is 0 Å². The van der Waals surface area contributed by atoms with E-state index in [2.05, 4.69) is 32.8 Å². The van der Waals surface area contributed by atoms with E-state index < -0.39 is 27.0 Å². The quantitative estimate of drug-likeness (QED) is 0.371. The fraction of sp³-hybridized carbons (Fsp3) is 0.304. The second-order valence-electron chi connectivity index (χ2n) is 8.33. The molecule has 0 spiro atoms. The van der Waals surface area contributed by atoms with Crippen LogP contribution < -0.4 is 5.32 Å². The largest absolute Gasteiger partial charge is 0.444 e. The van der Waals surface area contributed by atoms with E-state index in [-0.39, 0.29) is 0 Å². The average molecular weight is 553 g/mol. The molecule has 0 radical (unpaired) electrons. The summed E-state index contributed by atoms with van der Waals surface area (Å²) in [7, 11) is -3.89. The van der Waals surface area contributed by atoms with Crippen LogP contribution in [0.1, 0.15) is 37.1 Å². The van der Waals surface area contributed by atoms with Gasteiger partial charge < -0.3 is 10.1 Å². The first kappa shape index (κ1) is 25.2. The standard InChI is InChI=1S/C23H26BrN3O4S2/c1-5-21(17-7-6-9-25-12-17)33(29,30)27-13-16(8-10-26-22(28)31-23(2,3)4)11-20(27)18-14-32-15-19(18)24/h5-7,9,11-15,21H,1,8,10H2,2-4H3,(H,26,28). The fourth-order valence-corrected chi connectivity index (χ4v) is 6.39. The van der Waals surface area contributed by atoms with Crippen molar-refractivity contribution in [2.24, 2.45) is 0 Å². The summed E-state index contributed by atoms with van der Waals surface area (Å²) >= 11 is 4.98. The van der Waals surface area contributed by atoms with Crippen LogP contribution >= 0.6 is 27.3 Å². The molecular formula is C23H26BrN3O4S2. The Balaban J connectivity index is 1.93. The van der Waals surface area contributed by atoms with Gasteiger partial charge in [-0.05, 0) is 66.4 Å². The average Bonchev–Trinajstić information content (AvgIpc) is 3.34. The molecule has 1 unspecified atom stereocenters. The Hall–Kier alpha value is -2.43. The molecule has 0 aliphatic carbocycles. The van der Waals surface area contributed by atoms with Gasteiger partial charge in [0.05, 0.1) is 5.69 Å². The Morgan fingerprint density at radius 2 is 2.15 bits per heavy atom. The molecule has 33 heavy (non-hydrogen) atoms. The normalized spacial score (nSPS) is 12.8. The third-order valence-electron chi connectivity index (χ3n) is 4.64. The van der Waals surface area contributed by atoms with Crippen LogP contribution in [0, 0.1) is 0 Å². The minimum absolute atomic E-state index is 0.302. The summed E-state index contributed by atoms with van der Waals surface area (Å²) in [6.07, 6.45) is 6.04. The highest BCUT2D eigenvalue weighted by Gasteiger charge is 2.29. The van der Waals surface area contributed by atoms with E-state index in [1.54, 1.807) is 45.3 Å². The van der Waals surface area contributed by atoms with E-state index in [1.807, 2.05) is 16.8 Å². The van der Waals surface area contributed by atoms with Crippen LogP contribution in [0.2, 0.25) is 0 Å². The van der Waals surface area contributed by atoms with Crippen molar-refractivity contribution < 1.29 is 17.9 Å². The molecule has 176 valence electrons. The van der Waals surface area contributed by atoms with E-state index in [0.29, 0.717) is 24.2 Å². The third-order valence-corrected chi connectivity index (χ3v) is 8.30. The number of hydrogen-bond acceptors (Lipinski definition) is 6. The molecule has 1 N–H and O–H groups in total. The van der Waals surface area contributed by atoms with Crippen molar-refractivity contribution in [2.45, 2.75) is 38.0 Å². The van der Waals surface area contributed by atoms with Gasteiger partial charge in [0.15, 0.2) is 0 Å². The summed E-state index contributed by atoms with van der Waals surface area (Å²) in [5.74, 6) is 0. The maximum Gasteiger partial charge on any atom is 0.407 e. The highest BCUT2D eigenvalue weighted by Crippen LogP contribution is 2.36. The van der Waals surface area contributed by atoms with Crippen LogP contribution in [0.25, 0.3) is 11.3 Å². The number of halogens is 1. The number of hydrogen-bond donors (Lipinski definition) is 1. The SMILES string of the molecule is C=CC(c1cccnc1)S(=O)(=O)n1cc(CCNC(=O)OC(C)(C)C)cc1-c1cscc1Br. The number of rotatable bonds is 8. The van der Waals surface area contributed by atoms with Crippen LogP contribution in [0.3, 0.4) is 0 Å². The summed E-state index contributed by atoms with van der Waals surface area (Å²) in [4.78, 5) is 16.0. The van der Waals surface area contributed by atoms with Crippen LogP contribution in [0.4, 0.5) is 4.79 Å². The molecule has 0 aliphatic rings. The Bertz CT molecular complexity index is 1230. The first-order chi connectivity index (χ1) is 15.5. The molecule has 3 aromatic heterocycles. The van der Waals surface area contributed by atoms with Crippen molar-refractivity contribution in [1.82, 2.24) is 14.3 Å². The lowest BCUT2D eigenvalue weighted by molar-refractivity contribution is 0.0528. The van der Waals surface area contributed by atoms with Gasteiger partial charge in [-0.3, -0.25) is 4.98 Å². The topological polar surface area (TPSA) is 90.3 Å². The molecule has 0 aromatic carbocycles. The Kier molecular flexibility index (Phi) is 7.81. The van der Waals surface area contributed by atoms with Gasteiger partial charge in [0, 0.05) is 45.9 Å². The van der Waals surface area contributed by atoms with Crippen molar-refractivity contribution in [2.75, 3.05) is 6.54 Å². The van der Waals surface area contributed by atoms with Crippen molar-refractivity contribution in [1.29, 1.82) is 0 Å². The zero-order chi connectivity index (χ0) is 24.2. The molecule has 3 aromatic rings. The second-order valence-corrected chi connectivity index (χ2v) is 11.9. The maximum atomic E-state index is 13.7. The lowest BCUT2D eigenvalue weighted by Crippen LogP contribution is -2.33. The van der Waals surface area contributed by atoms with Crippen LogP contribution in [0.5, 0.6) is 0 Å². The van der Waals surface area contributed by atoms with Crippen LogP contribution in [-0.4, -0.2) is 35.6 Å². The number of pyridine rings is 1. The lowest BCUT2D eigenvalue weighted by atomic mass is 10.2. The van der Waals surface area contributed by atoms with Crippen molar-refractivity contribution in [3.8, 4) is 11.3 Å². The number of amides is 1. The predicted molar refractivity (Wildman–Crippen MR) is 135 cm³/mol. The summed E-state index contributed by atoms with van der Waals surface area (Å²) in [6, 6.07) is 5.23. The van der Waals surface area contributed by atoms with Crippen LogP contribution in [-0.2, 0) is 21.2 Å². The summed E-state index contributed by atoms with van der Waals surface area (Å²) in [5, 5.41) is 5.53. The molecule has 10 heteroatoms. The number of nitrogens with one attached hydrogen (secondary N) is 1. The monoisotopic (exact) mass is 551 g/mol. The first-order valence-corrected chi connectivity index (χ1v) is 13.4. The second kappa shape index (κ2) is 10.2. The predicted octanol–water partition coefficient (Wildman–Crippen LogP) is 5.55. The smallest absolute Gasteiger partial charge is 0.407 e. The number of aromatic nitrogens is 2. The third kappa shape index (κ3) is 6.13. The summed E-state index contributed by atoms with van der Waals surface area (Å²) in [5.41, 5.74) is 2.00. The highest BCUT2D eigenvalue weighted by molar-refractivity contribution is 9.10. The van der Waals surface area contributed by atoms with Gasteiger partial charge in [-0.25, -0.2) is 17.2 Å². The van der Waals surface area contributed by atoms with Crippen molar-refractivity contribution in [3.05, 3.63) is 75.8 Å². The van der Waals surface area contributed by atoms with E-state index in [4.69, 9.17) is 4.74 Å². The fourth-order valence-electron chi connectivity index (χ4n) is 3.22. The number of nitrogens with zero attached hydrogens (tertiary/aromatic N) is 2. The zero-order valence-corrected chi connectivity index (χ0v) is 21.8. The molecule has 0 fully saturated rings. The number of carbonyl (C=O) groups is 1. The van der Waals surface area contributed by atoms with Gasteiger partial charge in [0.1, 0.15) is 10.9 Å². The first-order valence-electron chi connectivity index (χ1n) is 10.2. The van der Waals surface area contributed by atoms with E-state index in [9.17, 15) is 13.2 Å². The number of ether oxygens (including phenoxy) is 1. The highest BCUT2D eigenvalue weighted by atomic mass is 79.9. The van der Waals surface area contributed by atoms with Gasteiger partial charge in [0.2, 0.25) is 10.0 Å². The van der Waals surface area contributed by atoms with Gasteiger partial charge in [-0.2, -0.15) is 11.3 Å². The zero-order valence-electron chi connectivity index (χ0n) is 18.6. The van der Waals surface area contributed by atoms with Crippen molar-refractivity contribution >= 4 is 43.4 Å². The molecule has 0 saturated heterocycles. The van der Waals surface area contributed by atoms with Gasteiger partial charge >= 0.3 is 6.09 Å². The Morgan fingerprint density at radius 1 is 1.39 bits per heavy atom. The minimum Gasteiger partial charge on any atom is -0.444 e. The van der Waals surface area contributed by atoms with E-state index in [1.165, 1.54) is 27.6 Å². The van der Waals surface area contributed by atoms with Crippen LogP contribution in [0.15, 0.2) is 64.7 Å². The van der Waals surface area contributed by atoms with Gasteiger partial charge in [-0.1, -0.05) is 12.1 Å². The van der Waals surface area contributed by atoms with E-state index in [0.717, 1.165) is 15.6 Å². The van der Waals surface area contributed by atoms with Gasteiger partial charge in [-0.15, -0.1) is 6.58 Å². The molecule has 3 heterocycles. The molecule has 0 aliphatic heterocycles. The molecule has 0 bridgehead atoms. The summed E-state index contributed by atoms with van der Waals surface area (Å²) in [6.45, 7) is 9.43. The van der Waals surface area contributed by atoms with E-state index >= 15 is 0 Å². The van der Waals surface area contributed by atoms with Gasteiger partial charge in [0.25, 0.3) is 0 Å². The number of thiophene rings is 1. The number of alkyl carbamates (subject to hydrolysis) is 1. The molecular weight excluding hydrogens is 526 g/mol. The lowest BCUT2D eigenvalue weighted by Gasteiger charge is -2.19. The maximum absolute atomic E-state index is 13.7. The molecule has 3 rings (SSSR count). The molecule has 1 atom stereocenters. The number of carbonyl (C=O) groups excluding carboxylic acids is 1. The molecule has 1 amide bonds.